The molecule has 3 heteroatoms. The Bertz CT molecular complexity index is 644. The fourth-order valence-electron chi connectivity index (χ4n) is 2.62. The number of rotatable bonds is 2. The Morgan fingerprint density at radius 2 is 1.95 bits per heavy atom. The molecule has 0 aliphatic carbocycles. The minimum absolute atomic E-state index is 0.219. The molecule has 1 aliphatic rings. The number of benzene rings is 2. The van der Waals surface area contributed by atoms with Gasteiger partial charge in [-0.25, -0.2) is 0 Å². The van der Waals surface area contributed by atoms with E-state index in [1.54, 1.807) is 11.8 Å². The van der Waals surface area contributed by atoms with Gasteiger partial charge in [-0.15, -0.1) is 11.8 Å². The molecule has 98 valence electrons. The van der Waals surface area contributed by atoms with Crippen LogP contribution in [0.25, 0.3) is 10.8 Å². The second-order valence-corrected chi connectivity index (χ2v) is 7.73. The molecule has 0 aromatic heterocycles. The van der Waals surface area contributed by atoms with Crippen LogP contribution in [0.1, 0.15) is 30.1 Å². The molecule has 0 radical (unpaired) electrons. The number of hydrogen-bond donors (Lipinski definition) is 0. The maximum Gasteiger partial charge on any atom is 0.178 e. The van der Waals surface area contributed by atoms with Crippen LogP contribution in [0.3, 0.4) is 0 Å². The number of thioether (sulfide) groups is 1. The number of Topliss-reactive ketones (excluding diaryl/α,β-unsaturated/α-hetero) is 1. The number of carbonyl (C=O) groups excluding carboxylic acids is 1. The highest BCUT2D eigenvalue weighted by Crippen LogP contribution is 2.40. The van der Waals surface area contributed by atoms with Crippen LogP contribution in [0, 0.1) is 0 Å². The summed E-state index contributed by atoms with van der Waals surface area (Å²) in [7, 11) is 0. The molecular formula is C16H15BrOS. The van der Waals surface area contributed by atoms with Gasteiger partial charge in [0.2, 0.25) is 0 Å². The van der Waals surface area contributed by atoms with Gasteiger partial charge in [-0.3, -0.25) is 4.79 Å². The summed E-state index contributed by atoms with van der Waals surface area (Å²) in [6.45, 7) is 2.08. The zero-order valence-electron chi connectivity index (χ0n) is 10.8. The van der Waals surface area contributed by atoms with Crippen molar-refractivity contribution in [3.05, 3.63) is 46.4 Å². The van der Waals surface area contributed by atoms with Crippen LogP contribution in [-0.2, 0) is 0 Å². The fourth-order valence-corrected chi connectivity index (χ4v) is 4.28. The molecule has 0 saturated carbocycles. The maximum atomic E-state index is 12.6. The molecule has 0 spiro atoms. The molecule has 1 heterocycles. The lowest BCUT2D eigenvalue weighted by molar-refractivity contribution is 0.0949. The SMILES string of the molecule is CC1(C(=O)c2ccc3cc(Br)ccc3c2)CCCS1. The molecule has 2 aromatic rings. The van der Waals surface area contributed by atoms with E-state index in [1.165, 1.54) is 0 Å². The van der Waals surface area contributed by atoms with Crippen molar-refractivity contribution in [3.8, 4) is 0 Å². The molecule has 19 heavy (non-hydrogen) atoms. The van der Waals surface area contributed by atoms with E-state index in [1.807, 2.05) is 24.3 Å². The highest BCUT2D eigenvalue weighted by molar-refractivity contribution is 9.10. The van der Waals surface area contributed by atoms with E-state index in [9.17, 15) is 4.79 Å². The Labute approximate surface area is 125 Å². The van der Waals surface area contributed by atoms with Gasteiger partial charge in [0, 0.05) is 10.0 Å². The summed E-state index contributed by atoms with van der Waals surface area (Å²) < 4.78 is 0.848. The Hall–Kier alpha value is -0.800. The minimum Gasteiger partial charge on any atom is -0.293 e. The fraction of sp³-hybridized carbons (Fsp3) is 0.312. The predicted octanol–water partition coefficient (Wildman–Crippen LogP) is 5.07. The highest BCUT2D eigenvalue weighted by Gasteiger charge is 2.37. The first-order chi connectivity index (χ1) is 9.08. The van der Waals surface area contributed by atoms with Crippen molar-refractivity contribution in [3.63, 3.8) is 0 Å². The Morgan fingerprint density at radius 3 is 2.68 bits per heavy atom. The van der Waals surface area contributed by atoms with Crippen molar-refractivity contribution in [1.82, 2.24) is 0 Å². The minimum atomic E-state index is -0.219. The lowest BCUT2D eigenvalue weighted by atomic mass is 9.93. The summed E-state index contributed by atoms with van der Waals surface area (Å²) in [5.74, 6) is 1.38. The van der Waals surface area contributed by atoms with Crippen LogP contribution in [0.4, 0.5) is 0 Å². The van der Waals surface area contributed by atoms with Gasteiger partial charge in [0.15, 0.2) is 5.78 Å². The van der Waals surface area contributed by atoms with Crippen molar-refractivity contribution in [2.24, 2.45) is 0 Å². The Morgan fingerprint density at radius 1 is 1.21 bits per heavy atom. The molecule has 1 unspecified atom stereocenters. The Balaban J connectivity index is 2.01. The monoisotopic (exact) mass is 334 g/mol. The van der Waals surface area contributed by atoms with Gasteiger partial charge in [0.05, 0.1) is 4.75 Å². The van der Waals surface area contributed by atoms with E-state index in [2.05, 4.69) is 35.0 Å². The van der Waals surface area contributed by atoms with Crippen molar-refractivity contribution >= 4 is 44.2 Å². The summed E-state index contributed by atoms with van der Waals surface area (Å²) in [5.41, 5.74) is 0.840. The molecular weight excluding hydrogens is 320 g/mol. The van der Waals surface area contributed by atoms with Crippen molar-refractivity contribution < 1.29 is 4.79 Å². The summed E-state index contributed by atoms with van der Waals surface area (Å²) in [6.07, 6.45) is 2.14. The summed E-state index contributed by atoms with van der Waals surface area (Å²) in [4.78, 5) is 12.6. The lowest BCUT2D eigenvalue weighted by Gasteiger charge is -2.21. The first kappa shape index (κ1) is 13.2. The zero-order valence-corrected chi connectivity index (χ0v) is 13.2. The van der Waals surface area contributed by atoms with Crippen LogP contribution >= 0.6 is 27.7 Å². The van der Waals surface area contributed by atoms with E-state index >= 15 is 0 Å². The zero-order chi connectivity index (χ0) is 13.5. The molecule has 1 aliphatic heterocycles. The molecule has 0 amide bonds. The van der Waals surface area contributed by atoms with Gasteiger partial charge in [-0.2, -0.15) is 0 Å². The van der Waals surface area contributed by atoms with Crippen LogP contribution in [0.5, 0.6) is 0 Å². The average Bonchev–Trinajstić information content (AvgIpc) is 2.85. The van der Waals surface area contributed by atoms with E-state index in [0.717, 1.165) is 39.4 Å². The molecule has 0 bridgehead atoms. The average molecular weight is 335 g/mol. The van der Waals surface area contributed by atoms with E-state index in [0.29, 0.717) is 0 Å². The summed E-state index contributed by atoms with van der Waals surface area (Å²) in [6, 6.07) is 12.2. The van der Waals surface area contributed by atoms with Gasteiger partial charge in [-0.05, 0) is 54.5 Å². The molecule has 1 saturated heterocycles. The van der Waals surface area contributed by atoms with Crippen LogP contribution in [-0.4, -0.2) is 16.3 Å². The predicted molar refractivity (Wildman–Crippen MR) is 86.1 cm³/mol. The number of ketones is 1. The third-order valence-corrected chi connectivity index (χ3v) is 5.78. The second kappa shape index (κ2) is 4.95. The number of halogens is 1. The van der Waals surface area contributed by atoms with E-state index < -0.39 is 0 Å². The third kappa shape index (κ3) is 2.46. The molecule has 1 nitrogen and oxygen atoms in total. The van der Waals surface area contributed by atoms with Gasteiger partial charge < -0.3 is 0 Å². The second-order valence-electron chi connectivity index (χ2n) is 5.22. The van der Waals surface area contributed by atoms with Gasteiger partial charge in [0.1, 0.15) is 0 Å². The maximum absolute atomic E-state index is 12.6. The quantitative estimate of drug-likeness (QED) is 0.713. The largest absolute Gasteiger partial charge is 0.293 e. The highest BCUT2D eigenvalue weighted by atomic mass is 79.9. The number of hydrogen-bond acceptors (Lipinski definition) is 2. The van der Waals surface area contributed by atoms with Crippen LogP contribution in [0.15, 0.2) is 40.9 Å². The smallest absolute Gasteiger partial charge is 0.178 e. The van der Waals surface area contributed by atoms with E-state index in [-0.39, 0.29) is 10.5 Å². The third-order valence-electron chi connectivity index (χ3n) is 3.76. The van der Waals surface area contributed by atoms with Crippen molar-refractivity contribution in [2.45, 2.75) is 24.5 Å². The topological polar surface area (TPSA) is 17.1 Å². The molecule has 0 N–H and O–H groups in total. The molecule has 1 fully saturated rings. The van der Waals surface area contributed by atoms with Gasteiger partial charge >= 0.3 is 0 Å². The molecule has 2 aromatic carbocycles. The molecule has 3 rings (SSSR count). The van der Waals surface area contributed by atoms with Crippen LogP contribution in [0.2, 0.25) is 0 Å². The van der Waals surface area contributed by atoms with Gasteiger partial charge in [-0.1, -0.05) is 34.1 Å². The lowest BCUT2D eigenvalue weighted by Crippen LogP contribution is -2.28. The summed E-state index contributed by atoms with van der Waals surface area (Å²) >= 11 is 5.27. The first-order valence-electron chi connectivity index (χ1n) is 6.47. The van der Waals surface area contributed by atoms with E-state index in [4.69, 9.17) is 0 Å². The van der Waals surface area contributed by atoms with Crippen molar-refractivity contribution in [2.75, 3.05) is 5.75 Å². The molecule has 1 atom stereocenters. The summed E-state index contributed by atoms with van der Waals surface area (Å²) in [5, 5.41) is 2.29. The normalized spacial score (nSPS) is 22.8. The number of fused-ring (bicyclic) bond motifs is 1. The van der Waals surface area contributed by atoms with Crippen molar-refractivity contribution in [1.29, 1.82) is 0 Å². The first-order valence-corrected chi connectivity index (χ1v) is 8.24. The van der Waals surface area contributed by atoms with Crippen LogP contribution < -0.4 is 0 Å². The van der Waals surface area contributed by atoms with Gasteiger partial charge in [0.25, 0.3) is 0 Å². The standard InChI is InChI=1S/C16H15BrOS/c1-16(7-2-8-19-16)15(18)13-4-3-12-10-14(17)6-5-11(12)9-13/h3-6,9-10H,2,7-8H2,1H3. The number of carbonyl (C=O) groups is 1. The Kier molecular flexibility index (Phi) is 3.44.